The summed E-state index contributed by atoms with van der Waals surface area (Å²) in [7, 11) is 3.21. The summed E-state index contributed by atoms with van der Waals surface area (Å²) >= 11 is 0. The van der Waals surface area contributed by atoms with Gasteiger partial charge in [0.15, 0.2) is 0 Å². The molecule has 0 aliphatic carbocycles. The Labute approximate surface area is 155 Å². The number of ether oxygens (including phenoxy) is 2. The third-order valence-corrected chi connectivity index (χ3v) is 4.84. The number of likely N-dealkylation sites (tertiary alicyclic amines) is 1. The van der Waals surface area contributed by atoms with Crippen molar-refractivity contribution >= 4 is 11.8 Å². The Morgan fingerprint density at radius 2 is 1.96 bits per heavy atom. The van der Waals surface area contributed by atoms with Gasteiger partial charge in [-0.3, -0.25) is 9.59 Å². The van der Waals surface area contributed by atoms with Crippen LogP contribution in [0.5, 0.6) is 11.5 Å². The van der Waals surface area contributed by atoms with Crippen LogP contribution in [0, 0.1) is 11.8 Å². The van der Waals surface area contributed by atoms with Gasteiger partial charge in [0.25, 0.3) is 0 Å². The van der Waals surface area contributed by atoms with Gasteiger partial charge in [-0.05, 0) is 12.0 Å². The van der Waals surface area contributed by atoms with Crippen molar-refractivity contribution < 1.29 is 19.1 Å². The lowest BCUT2D eigenvalue weighted by Gasteiger charge is -2.21. The van der Waals surface area contributed by atoms with Crippen molar-refractivity contribution in [3.05, 3.63) is 23.8 Å². The molecule has 1 saturated heterocycles. The first-order valence-electron chi connectivity index (χ1n) is 9.18. The molecule has 1 aromatic carbocycles. The molecular weight excluding hydrogens is 332 g/mol. The Balaban J connectivity index is 2.32. The van der Waals surface area contributed by atoms with Crippen molar-refractivity contribution in [2.24, 2.45) is 11.8 Å². The highest BCUT2D eigenvalue weighted by Crippen LogP contribution is 2.39. The van der Waals surface area contributed by atoms with E-state index in [9.17, 15) is 9.59 Å². The molecule has 1 aromatic rings. The minimum absolute atomic E-state index is 0.00651. The number of nitrogens with one attached hydrogen (secondary N) is 1. The van der Waals surface area contributed by atoms with Gasteiger partial charge in [0, 0.05) is 43.6 Å². The zero-order chi connectivity index (χ0) is 19.3. The Morgan fingerprint density at radius 3 is 2.54 bits per heavy atom. The number of methoxy groups -OCH3 is 2. The molecule has 1 aliphatic rings. The SMILES string of the molecule is CCC(=O)N1CC(C(=O)NCC(C)C)C(c2ccc(OC)cc2OC)C1. The number of amides is 2. The summed E-state index contributed by atoms with van der Waals surface area (Å²) in [5, 5.41) is 3.02. The quantitative estimate of drug-likeness (QED) is 0.809. The molecule has 1 heterocycles. The van der Waals surface area contributed by atoms with Gasteiger partial charge in [0.1, 0.15) is 11.5 Å². The number of hydrogen-bond donors (Lipinski definition) is 1. The highest BCUT2D eigenvalue weighted by atomic mass is 16.5. The Hall–Kier alpha value is -2.24. The molecule has 0 aromatic heterocycles. The normalized spacial score (nSPS) is 19.5. The van der Waals surface area contributed by atoms with Gasteiger partial charge < -0.3 is 19.7 Å². The van der Waals surface area contributed by atoms with Crippen molar-refractivity contribution in [1.82, 2.24) is 10.2 Å². The first kappa shape index (κ1) is 20.1. The third kappa shape index (κ3) is 4.48. The fraction of sp³-hybridized carbons (Fsp3) is 0.600. The van der Waals surface area contributed by atoms with E-state index in [-0.39, 0.29) is 23.7 Å². The molecule has 26 heavy (non-hydrogen) atoms. The van der Waals surface area contributed by atoms with Crippen molar-refractivity contribution in [1.29, 1.82) is 0 Å². The van der Waals surface area contributed by atoms with Crippen LogP contribution >= 0.6 is 0 Å². The maximum absolute atomic E-state index is 12.8. The van der Waals surface area contributed by atoms with Crippen LogP contribution in [0.1, 0.15) is 38.7 Å². The van der Waals surface area contributed by atoms with Crippen LogP contribution in [0.15, 0.2) is 18.2 Å². The van der Waals surface area contributed by atoms with Crippen LogP contribution in [0.25, 0.3) is 0 Å². The number of carbonyl (C=O) groups is 2. The van der Waals surface area contributed by atoms with Crippen LogP contribution in [0.2, 0.25) is 0 Å². The molecule has 1 fully saturated rings. The van der Waals surface area contributed by atoms with Gasteiger partial charge in [0.05, 0.1) is 20.1 Å². The van der Waals surface area contributed by atoms with Crippen molar-refractivity contribution in [2.75, 3.05) is 33.9 Å². The highest BCUT2D eigenvalue weighted by molar-refractivity contribution is 5.83. The minimum Gasteiger partial charge on any atom is -0.497 e. The molecule has 6 nitrogen and oxygen atoms in total. The fourth-order valence-electron chi connectivity index (χ4n) is 3.37. The average molecular weight is 362 g/mol. The molecule has 0 radical (unpaired) electrons. The van der Waals surface area contributed by atoms with Crippen LogP contribution < -0.4 is 14.8 Å². The van der Waals surface area contributed by atoms with Gasteiger partial charge in [-0.25, -0.2) is 0 Å². The van der Waals surface area contributed by atoms with E-state index < -0.39 is 0 Å². The van der Waals surface area contributed by atoms with E-state index in [2.05, 4.69) is 19.2 Å². The van der Waals surface area contributed by atoms with Gasteiger partial charge >= 0.3 is 0 Å². The molecule has 2 amide bonds. The first-order valence-corrected chi connectivity index (χ1v) is 9.18. The number of rotatable bonds is 7. The summed E-state index contributed by atoms with van der Waals surface area (Å²) in [4.78, 5) is 26.8. The van der Waals surface area contributed by atoms with Crippen LogP contribution in [0.3, 0.4) is 0 Å². The third-order valence-electron chi connectivity index (χ3n) is 4.84. The van der Waals surface area contributed by atoms with E-state index in [1.807, 2.05) is 25.1 Å². The fourth-order valence-corrected chi connectivity index (χ4v) is 3.37. The summed E-state index contributed by atoms with van der Waals surface area (Å²) in [6.07, 6.45) is 0.437. The van der Waals surface area contributed by atoms with Crippen molar-refractivity contribution in [3.63, 3.8) is 0 Å². The maximum atomic E-state index is 12.8. The van der Waals surface area contributed by atoms with Gasteiger partial charge in [-0.15, -0.1) is 0 Å². The molecule has 2 unspecified atom stereocenters. The smallest absolute Gasteiger partial charge is 0.225 e. The molecule has 0 spiro atoms. The number of carbonyl (C=O) groups excluding carboxylic acids is 2. The average Bonchev–Trinajstić information content (AvgIpc) is 3.09. The minimum atomic E-state index is -0.286. The Bertz CT molecular complexity index is 645. The lowest BCUT2D eigenvalue weighted by molar-refractivity contribution is -0.130. The van der Waals surface area contributed by atoms with Crippen molar-refractivity contribution in [3.8, 4) is 11.5 Å². The largest absolute Gasteiger partial charge is 0.497 e. The van der Waals surface area contributed by atoms with Gasteiger partial charge in [-0.2, -0.15) is 0 Å². The maximum Gasteiger partial charge on any atom is 0.225 e. The van der Waals surface area contributed by atoms with Gasteiger partial charge in [-0.1, -0.05) is 26.8 Å². The van der Waals surface area contributed by atoms with E-state index in [1.165, 1.54) is 0 Å². The van der Waals surface area contributed by atoms with Crippen LogP contribution in [0.4, 0.5) is 0 Å². The van der Waals surface area contributed by atoms with Gasteiger partial charge in [0.2, 0.25) is 11.8 Å². The lowest BCUT2D eigenvalue weighted by Crippen LogP contribution is -2.37. The zero-order valence-corrected chi connectivity index (χ0v) is 16.4. The molecule has 2 atom stereocenters. The summed E-state index contributed by atoms with van der Waals surface area (Å²) in [6, 6.07) is 5.62. The molecule has 1 N–H and O–H groups in total. The van der Waals surface area contributed by atoms with Crippen LogP contribution in [-0.2, 0) is 9.59 Å². The highest BCUT2D eigenvalue weighted by Gasteiger charge is 2.41. The standard InChI is InChI=1S/C20H30N2O4/c1-6-19(23)22-11-16(17(12-22)20(24)21-10-13(2)3)15-8-7-14(25-4)9-18(15)26-5/h7-9,13,16-17H,6,10-12H2,1-5H3,(H,21,24). The predicted molar refractivity (Wildman–Crippen MR) is 100 cm³/mol. The molecule has 1 aliphatic heterocycles. The monoisotopic (exact) mass is 362 g/mol. The van der Waals surface area contributed by atoms with E-state index in [1.54, 1.807) is 19.1 Å². The predicted octanol–water partition coefficient (Wildman–Crippen LogP) is 2.43. The van der Waals surface area contributed by atoms with E-state index in [0.717, 1.165) is 5.56 Å². The lowest BCUT2D eigenvalue weighted by atomic mass is 9.87. The van der Waals surface area contributed by atoms with E-state index >= 15 is 0 Å². The van der Waals surface area contributed by atoms with E-state index in [0.29, 0.717) is 43.5 Å². The Kier molecular flexibility index (Phi) is 6.89. The second-order valence-corrected chi connectivity index (χ2v) is 7.11. The summed E-state index contributed by atoms with van der Waals surface area (Å²) in [6.45, 7) is 7.56. The summed E-state index contributed by atoms with van der Waals surface area (Å²) in [5.41, 5.74) is 0.935. The topological polar surface area (TPSA) is 67.9 Å². The summed E-state index contributed by atoms with van der Waals surface area (Å²) < 4.78 is 10.8. The Morgan fingerprint density at radius 1 is 1.23 bits per heavy atom. The molecule has 144 valence electrons. The molecular formula is C20H30N2O4. The molecule has 0 saturated carbocycles. The number of nitrogens with zero attached hydrogens (tertiary/aromatic N) is 1. The van der Waals surface area contributed by atoms with E-state index in [4.69, 9.17) is 9.47 Å². The molecule has 6 heteroatoms. The van der Waals surface area contributed by atoms with Crippen LogP contribution in [-0.4, -0.2) is 50.6 Å². The molecule has 0 bridgehead atoms. The number of benzene rings is 1. The number of hydrogen-bond acceptors (Lipinski definition) is 4. The van der Waals surface area contributed by atoms with Crippen molar-refractivity contribution in [2.45, 2.75) is 33.1 Å². The zero-order valence-electron chi connectivity index (χ0n) is 16.4. The molecule has 2 rings (SSSR count). The first-order chi connectivity index (χ1) is 12.4. The second kappa shape index (κ2) is 8.92. The second-order valence-electron chi connectivity index (χ2n) is 7.11. The summed E-state index contributed by atoms with van der Waals surface area (Å²) in [5.74, 6) is 1.44.